The Hall–Kier alpha value is -1.44. The molecule has 1 saturated carbocycles. The number of benzene rings is 1. The fraction of sp³-hybridized carbons (Fsp3) is 0.562. The number of piperazine rings is 1. The summed E-state index contributed by atoms with van der Waals surface area (Å²) in [6.45, 7) is 3.00. The Morgan fingerprint density at radius 3 is 2.30 bits per heavy atom. The van der Waals surface area contributed by atoms with Crippen molar-refractivity contribution in [1.29, 1.82) is 0 Å². The average Bonchev–Trinajstić information content (AvgIpc) is 2.46. The lowest BCUT2D eigenvalue weighted by molar-refractivity contribution is -0.125. The largest absolute Gasteiger partial charge is 0.303 e. The normalized spacial score (nSPS) is 20.9. The summed E-state index contributed by atoms with van der Waals surface area (Å²) >= 11 is 0. The maximum absolute atomic E-state index is 12.3. The van der Waals surface area contributed by atoms with Gasteiger partial charge in [-0.3, -0.25) is 9.69 Å². The van der Waals surface area contributed by atoms with E-state index in [4.69, 9.17) is 0 Å². The third kappa shape index (κ3) is 4.10. The number of carbonyl (C=O) groups excluding carboxylic acids is 1. The third-order valence-corrected chi connectivity index (χ3v) is 6.13. The zero-order valence-electron chi connectivity index (χ0n) is 13.1. The average molecular weight is 337 g/mol. The smallest absolute Gasteiger partial charge is 0.296 e. The van der Waals surface area contributed by atoms with Crippen LogP contribution >= 0.6 is 0 Å². The Morgan fingerprint density at radius 1 is 1.09 bits per heavy atom. The molecule has 7 heteroatoms. The zero-order chi connectivity index (χ0) is 16.3. The predicted molar refractivity (Wildman–Crippen MR) is 87.7 cm³/mol. The van der Waals surface area contributed by atoms with Crippen LogP contribution in [0.15, 0.2) is 30.3 Å². The second-order valence-corrected chi connectivity index (χ2v) is 7.93. The summed E-state index contributed by atoms with van der Waals surface area (Å²) in [4.78, 5) is 14.1. The lowest BCUT2D eigenvalue weighted by atomic mass is 9.85. The van der Waals surface area contributed by atoms with Crippen LogP contribution in [0.4, 0.5) is 0 Å². The molecule has 0 radical (unpaired) electrons. The monoisotopic (exact) mass is 337 g/mol. The standard InChI is InChI=1S/C16H23N3O3S/c20-16(15-7-4-8-15)17-23(21,22)19-11-9-18(10-12-19)13-14-5-2-1-3-6-14/h1-3,5-6,15H,4,7-13H2,(H,17,20). The molecule has 0 spiro atoms. The van der Waals surface area contributed by atoms with Crippen molar-refractivity contribution in [2.45, 2.75) is 25.8 Å². The van der Waals surface area contributed by atoms with E-state index in [0.717, 1.165) is 25.8 Å². The molecule has 126 valence electrons. The van der Waals surface area contributed by atoms with Gasteiger partial charge in [0.1, 0.15) is 0 Å². The first-order valence-electron chi connectivity index (χ1n) is 8.12. The lowest BCUT2D eigenvalue weighted by Gasteiger charge is -2.34. The Bertz CT molecular complexity index is 636. The van der Waals surface area contributed by atoms with Crippen LogP contribution < -0.4 is 4.72 Å². The van der Waals surface area contributed by atoms with Crippen molar-refractivity contribution >= 4 is 16.1 Å². The van der Waals surface area contributed by atoms with Gasteiger partial charge in [-0.05, 0) is 18.4 Å². The molecule has 1 saturated heterocycles. The summed E-state index contributed by atoms with van der Waals surface area (Å²) in [5.74, 6) is -0.466. The van der Waals surface area contributed by atoms with E-state index < -0.39 is 10.2 Å². The van der Waals surface area contributed by atoms with Crippen LogP contribution in [0.2, 0.25) is 0 Å². The van der Waals surface area contributed by atoms with E-state index in [1.807, 2.05) is 18.2 Å². The van der Waals surface area contributed by atoms with Crippen LogP contribution in [0.1, 0.15) is 24.8 Å². The second-order valence-electron chi connectivity index (χ2n) is 6.26. The van der Waals surface area contributed by atoms with E-state index in [1.54, 1.807) is 0 Å². The lowest BCUT2D eigenvalue weighted by Crippen LogP contribution is -2.53. The maximum Gasteiger partial charge on any atom is 0.303 e. The molecule has 23 heavy (non-hydrogen) atoms. The molecule has 1 aromatic rings. The zero-order valence-corrected chi connectivity index (χ0v) is 14.0. The Balaban J connectivity index is 1.50. The van der Waals surface area contributed by atoms with Crippen molar-refractivity contribution < 1.29 is 13.2 Å². The highest BCUT2D eigenvalue weighted by Gasteiger charge is 2.32. The minimum absolute atomic E-state index is 0.121. The molecule has 1 aliphatic heterocycles. The fourth-order valence-corrected chi connectivity index (χ4v) is 4.11. The molecule has 0 bridgehead atoms. The summed E-state index contributed by atoms with van der Waals surface area (Å²) in [7, 11) is -3.69. The van der Waals surface area contributed by atoms with Crippen LogP contribution in [0, 0.1) is 5.92 Å². The highest BCUT2D eigenvalue weighted by Crippen LogP contribution is 2.26. The van der Waals surface area contributed by atoms with Crippen molar-refractivity contribution in [2.75, 3.05) is 26.2 Å². The van der Waals surface area contributed by atoms with E-state index in [2.05, 4.69) is 21.8 Å². The summed E-state index contributed by atoms with van der Waals surface area (Å²) in [5, 5.41) is 0. The van der Waals surface area contributed by atoms with Gasteiger partial charge in [0, 0.05) is 38.6 Å². The van der Waals surface area contributed by atoms with Gasteiger partial charge in [0.05, 0.1) is 0 Å². The van der Waals surface area contributed by atoms with Gasteiger partial charge >= 0.3 is 10.2 Å². The summed E-state index contributed by atoms with van der Waals surface area (Å²) < 4.78 is 28.2. The van der Waals surface area contributed by atoms with E-state index in [0.29, 0.717) is 26.2 Å². The SMILES string of the molecule is O=C(NS(=O)(=O)N1CCN(Cc2ccccc2)CC1)C1CCC1. The van der Waals surface area contributed by atoms with Crippen molar-refractivity contribution in [1.82, 2.24) is 13.9 Å². The molecule has 1 heterocycles. The van der Waals surface area contributed by atoms with Gasteiger partial charge in [0.2, 0.25) is 5.91 Å². The molecule has 2 aliphatic rings. The maximum atomic E-state index is 12.3. The molecule has 1 aromatic carbocycles. The van der Waals surface area contributed by atoms with Gasteiger partial charge in [-0.15, -0.1) is 0 Å². The van der Waals surface area contributed by atoms with Gasteiger partial charge in [0.15, 0.2) is 0 Å². The molecule has 0 atom stereocenters. The summed E-state index contributed by atoms with van der Waals surface area (Å²) in [6.07, 6.45) is 2.61. The predicted octanol–water partition coefficient (Wildman–Crippen LogP) is 0.965. The van der Waals surface area contributed by atoms with E-state index in [-0.39, 0.29) is 11.8 Å². The summed E-state index contributed by atoms with van der Waals surface area (Å²) in [6, 6.07) is 10.1. The number of hydrogen-bond donors (Lipinski definition) is 1. The van der Waals surface area contributed by atoms with Crippen molar-refractivity contribution in [3.05, 3.63) is 35.9 Å². The minimum Gasteiger partial charge on any atom is -0.296 e. The minimum atomic E-state index is -3.69. The van der Waals surface area contributed by atoms with Gasteiger partial charge < -0.3 is 0 Å². The van der Waals surface area contributed by atoms with Crippen molar-refractivity contribution in [3.63, 3.8) is 0 Å². The number of nitrogens with one attached hydrogen (secondary N) is 1. The first kappa shape index (κ1) is 16.4. The molecule has 2 fully saturated rings. The topological polar surface area (TPSA) is 69.7 Å². The van der Waals surface area contributed by atoms with Crippen LogP contribution in [-0.4, -0.2) is 49.7 Å². The highest BCUT2D eigenvalue weighted by atomic mass is 32.2. The number of carbonyl (C=O) groups is 1. The Morgan fingerprint density at radius 2 is 1.74 bits per heavy atom. The third-order valence-electron chi connectivity index (χ3n) is 4.63. The van der Waals surface area contributed by atoms with Crippen molar-refractivity contribution in [3.8, 4) is 0 Å². The molecular weight excluding hydrogens is 314 g/mol. The van der Waals surface area contributed by atoms with E-state index in [1.165, 1.54) is 9.87 Å². The second kappa shape index (κ2) is 6.98. The fourth-order valence-electron chi connectivity index (χ4n) is 2.92. The van der Waals surface area contributed by atoms with Crippen LogP contribution in [-0.2, 0) is 21.5 Å². The Kier molecular flexibility index (Phi) is 4.99. The van der Waals surface area contributed by atoms with E-state index >= 15 is 0 Å². The molecule has 3 rings (SSSR count). The van der Waals surface area contributed by atoms with Gasteiger partial charge in [0.25, 0.3) is 0 Å². The van der Waals surface area contributed by atoms with Gasteiger partial charge in [-0.2, -0.15) is 12.7 Å². The number of amides is 1. The molecular formula is C16H23N3O3S. The molecule has 1 aliphatic carbocycles. The van der Waals surface area contributed by atoms with Gasteiger partial charge in [-0.1, -0.05) is 36.8 Å². The summed E-state index contributed by atoms with van der Waals surface area (Å²) in [5.41, 5.74) is 1.22. The van der Waals surface area contributed by atoms with Gasteiger partial charge in [-0.25, -0.2) is 4.72 Å². The van der Waals surface area contributed by atoms with E-state index in [9.17, 15) is 13.2 Å². The highest BCUT2D eigenvalue weighted by molar-refractivity contribution is 7.87. The molecule has 0 aromatic heterocycles. The molecule has 1 N–H and O–H groups in total. The van der Waals surface area contributed by atoms with Crippen LogP contribution in [0.5, 0.6) is 0 Å². The number of hydrogen-bond acceptors (Lipinski definition) is 4. The van der Waals surface area contributed by atoms with Crippen molar-refractivity contribution in [2.24, 2.45) is 5.92 Å². The van der Waals surface area contributed by atoms with Crippen LogP contribution in [0.25, 0.3) is 0 Å². The molecule has 0 unspecified atom stereocenters. The molecule has 6 nitrogen and oxygen atoms in total. The first-order valence-corrected chi connectivity index (χ1v) is 9.56. The first-order chi connectivity index (χ1) is 11.0. The quantitative estimate of drug-likeness (QED) is 0.869. The Labute approximate surface area is 137 Å². The van der Waals surface area contributed by atoms with Crippen LogP contribution in [0.3, 0.4) is 0 Å². The number of nitrogens with zero attached hydrogens (tertiary/aromatic N) is 2. The number of rotatable bonds is 5. The molecule has 1 amide bonds.